The van der Waals surface area contributed by atoms with Crippen LogP contribution in [0, 0.1) is 0 Å². The Morgan fingerprint density at radius 1 is 0.833 bits per heavy atom. The Labute approximate surface area is 138 Å². The molecular formula is C18H14O6. The van der Waals surface area contributed by atoms with E-state index in [4.69, 9.17) is 9.47 Å². The Balaban J connectivity index is 2.09. The predicted molar refractivity (Wildman–Crippen MR) is 85.4 cm³/mol. The Bertz CT molecular complexity index is 759. The standard InChI is InChI=1S/C18H14O6/c1-3-23-18(21)24-15-10-6-13(7-11-15)17(20)16(19)12-4-8-14(22-2)9-5-12/h3-11H,1H2,2H3. The van der Waals surface area contributed by atoms with E-state index >= 15 is 0 Å². The fourth-order valence-electron chi connectivity index (χ4n) is 1.87. The van der Waals surface area contributed by atoms with Gasteiger partial charge in [-0.3, -0.25) is 9.59 Å². The molecule has 0 aliphatic rings. The van der Waals surface area contributed by atoms with Gasteiger partial charge in [0.25, 0.3) is 0 Å². The lowest BCUT2D eigenvalue weighted by molar-refractivity contribution is 0.0817. The zero-order chi connectivity index (χ0) is 17.5. The average molecular weight is 326 g/mol. The van der Waals surface area contributed by atoms with Gasteiger partial charge in [0, 0.05) is 11.1 Å². The first-order chi connectivity index (χ1) is 11.5. The van der Waals surface area contributed by atoms with Crippen molar-refractivity contribution in [2.24, 2.45) is 0 Å². The molecule has 0 aliphatic heterocycles. The van der Waals surface area contributed by atoms with Crippen molar-refractivity contribution < 1.29 is 28.6 Å². The molecule has 24 heavy (non-hydrogen) atoms. The molecule has 0 aliphatic carbocycles. The first kappa shape index (κ1) is 17.0. The summed E-state index contributed by atoms with van der Waals surface area (Å²) in [5.41, 5.74) is 0.441. The smallest absolute Gasteiger partial charge is 0.497 e. The Morgan fingerprint density at radius 3 is 1.71 bits per heavy atom. The van der Waals surface area contributed by atoms with Crippen LogP contribution in [0.3, 0.4) is 0 Å². The molecule has 0 unspecified atom stereocenters. The summed E-state index contributed by atoms with van der Waals surface area (Å²) in [6.45, 7) is 3.23. The molecular weight excluding hydrogens is 312 g/mol. The van der Waals surface area contributed by atoms with E-state index in [1.807, 2.05) is 0 Å². The monoisotopic (exact) mass is 326 g/mol. The van der Waals surface area contributed by atoms with Crippen molar-refractivity contribution in [1.29, 1.82) is 0 Å². The second-order valence-electron chi connectivity index (χ2n) is 4.55. The van der Waals surface area contributed by atoms with Crippen LogP contribution in [-0.4, -0.2) is 24.8 Å². The quantitative estimate of drug-likeness (QED) is 0.266. The minimum Gasteiger partial charge on any atom is -0.497 e. The van der Waals surface area contributed by atoms with E-state index in [2.05, 4.69) is 11.3 Å². The lowest BCUT2D eigenvalue weighted by Crippen LogP contribution is -2.14. The van der Waals surface area contributed by atoms with Crippen molar-refractivity contribution in [3.8, 4) is 11.5 Å². The van der Waals surface area contributed by atoms with Gasteiger partial charge >= 0.3 is 6.16 Å². The third-order valence-corrected chi connectivity index (χ3v) is 3.06. The molecule has 2 aromatic rings. The van der Waals surface area contributed by atoms with Crippen molar-refractivity contribution in [3.05, 3.63) is 72.5 Å². The van der Waals surface area contributed by atoms with Crippen LogP contribution in [-0.2, 0) is 4.74 Å². The maximum absolute atomic E-state index is 12.2. The molecule has 0 amide bonds. The van der Waals surface area contributed by atoms with E-state index < -0.39 is 17.7 Å². The van der Waals surface area contributed by atoms with Gasteiger partial charge in [-0.1, -0.05) is 6.58 Å². The van der Waals surface area contributed by atoms with Gasteiger partial charge in [-0.05, 0) is 48.5 Å². The summed E-state index contributed by atoms with van der Waals surface area (Å²) in [6, 6.07) is 11.8. The van der Waals surface area contributed by atoms with Crippen molar-refractivity contribution in [1.82, 2.24) is 0 Å². The van der Waals surface area contributed by atoms with Crippen molar-refractivity contribution in [2.45, 2.75) is 0 Å². The van der Waals surface area contributed by atoms with Gasteiger partial charge in [0.1, 0.15) is 11.5 Å². The Hall–Kier alpha value is -3.41. The third-order valence-electron chi connectivity index (χ3n) is 3.06. The molecule has 6 heteroatoms. The van der Waals surface area contributed by atoms with E-state index in [1.54, 1.807) is 12.1 Å². The number of ether oxygens (including phenoxy) is 3. The van der Waals surface area contributed by atoms with Crippen molar-refractivity contribution in [2.75, 3.05) is 7.11 Å². The summed E-state index contributed by atoms with van der Waals surface area (Å²) < 4.78 is 14.2. The maximum atomic E-state index is 12.2. The molecule has 0 aromatic heterocycles. The molecule has 0 saturated carbocycles. The molecule has 0 bridgehead atoms. The largest absolute Gasteiger partial charge is 0.518 e. The molecule has 0 saturated heterocycles. The number of methoxy groups -OCH3 is 1. The fourth-order valence-corrected chi connectivity index (χ4v) is 1.87. The highest BCUT2D eigenvalue weighted by Gasteiger charge is 2.18. The van der Waals surface area contributed by atoms with Crippen LogP contribution in [0.4, 0.5) is 4.79 Å². The van der Waals surface area contributed by atoms with Gasteiger partial charge in [0.15, 0.2) is 0 Å². The molecule has 0 radical (unpaired) electrons. The van der Waals surface area contributed by atoms with Gasteiger partial charge in [-0.2, -0.15) is 0 Å². The molecule has 6 nitrogen and oxygen atoms in total. The van der Waals surface area contributed by atoms with Gasteiger partial charge in [-0.15, -0.1) is 0 Å². The average Bonchev–Trinajstić information content (AvgIpc) is 2.61. The third kappa shape index (κ3) is 4.07. The van der Waals surface area contributed by atoms with Crippen LogP contribution >= 0.6 is 0 Å². The lowest BCUT2D eigenvalue weighted by Gasteiger charge is -2.05. The molecule has 0 N–H and O–H groups in total. The number of carbonyl (C=O) groups is 3. The van der Waals surface area contributed by atoms with Crippen LogP contribution in [0.5, 0.6) is 11.5 Å². The van der Waals surface area contributed by atoms with Crippen LogP contribution in [0.1, 0.15) is 20.7 Å². The summed E-state index contributed by atoms with van der Waals surface area (Å²) in [6.07, 6.45) is -0.00770. The Kier molecular flexibility index (Phi) is 5.46. The molecule has 2 rings (SSSR count). The summed E-state index contributed by atoms with van der Waals surface area (Å²) in [7, 11) is 1.51. The summed E-state index contributed by atoms with van der Waals surface area (Å²) in [4.78, 5) is 35.5. The normalized spacial score (nSPS) is 9.71. The van der Waals surface area contributed by atoms with Crippen LogP contribution in [0.15, 0.2) is 61.4 Å². The van der Waals surface area contributed by atoms with E-state index in [1.165, 1.54) is 43.5 Å². The first-order valence-corrected chi connectivity index (χ1v) is 6.87. The molecule has 0 fully saturated rings. The number of Topliss-reactive ketones (excluding diaryl/α,β-unsaturated/α-hetero) is 2. The molecule has 0 heterocycles. The van der Waals surface area contributed by atoms with Crippen molar-refractivity contribution in [3.63, 3.8) is 0 Å². The van der Waals surface area contributed by atoms with Gasteiger partial charge in [-0.25, -0.2) is 4.79 Å². The number of carbonyl (C=O) groups excluding carboxylic acids is 3. The minimum atomic E-state index is -0.946. The predicted octanol–water partition coefficient (Wildman–Crippen LogP) is 3.42. The number of hydrogen-bond acceptors (Lipinski definition) is 6. The lowest BCUT2D eigenvalue weighted by atomic mass is 10.0. The maximum Gasteiger partial charge on any atom is 0.518 e. The molecule has 0 spiro atoms. The summed E-state index contributed by atoms with van der Waals surface area (Å²) >= 11 is 0. The molecule has 0 atom stereocenters. The summed E-state index contributed by atoms with van der Waals surface area (Å²) in [5.74, 6) is -0.542. The zero-order valence-corrected chi connectivity index (χ0v) is 12.9. The number of benzene rings is 2. The first-order valence-electron chi connectivity index (χ1n) is 6.87. The van der Waals surface area contributed by atoms with Crippen LogP contribution < -0.4 is 9.47 Å². The highest BCUT2D eigenvalue weighted by molar-refractivity contribution is 6.49. The van der Waals surface area contributed by atoms with Gasteiger partial charge < -0.3 is 14.2 Å². The van der Waals surface area contributed by atoms with E-state index in [0.29, 0.717) is 5.75 Å². The SMILES string of the molecule is C=COC(=O)Oc1ccc(C(=O)C(=O)c2ccc(OC)cc2)cc1. The van der Waals surface area contributed by atoms with Crippen LogP contribution in [0.2, 0.25) is 0 Å². The number of hydrogen-bond donors (Lipinski definition) is 0. The molecule has 122 valence electrons. The number of rotatable bonds is 6. The Morgan fingerprint density at radius 2 is 1.29 bits per heavy atom. The van der Waals surface area contributed by atoms with E-state index in [9.17, 15) is 14.4 Å². The second-order valence-corrected chi connectivity index (χ2v) is 4.55. The fraction of sp³-hybridized carbons (Fsp3) is 0.0556. The van der Waals surface area contributed by atoms with Crippen molar-refractivity contribution >= 4 is 17.7 Å². The number of ketones is 2. The van der Waals surface area contributed by atoms with E-state index in [0.717, 1.165) is 6.26 Å². The summed E-state index contributed by atoms with van der Waals surface area (Å²) in [5, 5.41) is 0. The van der Waals surface area contributed by atoms with Gasteiger partial charge in [0.05, 0.1) is 13.4 Å². The zero-order valence-electron chi connectivity index (χ0n) is 12.9. The highest BCUT2D eigenvalue weighted by atomic mass is 16.7. The van der Waals surface area contributed by atoms with Gasteiger partial charge in [0.2, 0.25) is 11.6 Å². The highest BCUT2D eigenvalue weighted by Crippen LogP contribution is 2.16. The van der Waals surface area contributed by atoms with Crippen LogP contribution in [0.25, 0.3) is 0 Å². The molecule has 2 aromatic carbocycles. The topological polar surface area (TPSA) is 78.9 Å². The minimum absolute atomic E-state index is 0.176. The van der Waals surface area contributed by atoms with E-state index in [-0.39, 0.29) is 16.9 Å². The second kappa shape index (κ2) is 7.73.